The largest absolute Gasteiger partial charge is 0.340 e. The predicted molar refractivity (Wildman–Crippen MR) is 130 cm³/mol. The molecule has 0 unspecified atom stereocenters. The molecule has 5 aromatic rings. The van der Waals surface area contributed by atoms with E-state index < -0.39 is 0 Å². The lowest BCUT2D eigenvalue weighted by Gasteiger charge is -2.10. The molecule has 2 aromatic heterocycles. The SMILES string of the molecule is CSc1cccc(Nc2ncnc3scc(-c4ccc(-c5ccccc5)cc4)c23)c1. The van der Waals surface area contributed by atoms with Gasteiger partial charge >= 0.3 is 0 Å². The van der Waals surface area contributed by atoms with Gasteiger partial charge in [-0.25, -0.2) is 9.97 Å². The highest BCUT2D eigenvalue weighted by Gasteiger charge is 2.13. The van der Waals surface area contributed by atoms with Crippen LogP contribution in [0.2, 0.25) is 0 Å². The number of hydrogen-bond acceptors (Lipinski definition) is 5. The fourth-order valence-electron chi connectivity index (χ4n) is 3.49. The summed E-state index contributed by atoms with van der Waals surface area (Å²) in [6.07, 6.45) is 3.71. The summed E-state index contributed by atoms with van der Waals surface area (Å²) in [5.41, 5.74) is 5.77. The number of fused-ring (bicyclic) bond motifs is 1. The van der Waals surface area contributed by atoms with Gasteiger partial charge in [0.15, 0.2) is 0 Å². The standard InChI is InChI=1S/C25H19N3S2/c1-29-21-9-5-8-20(14-21)28-24-23-22(15-30-25(23)27-16-26-24)19-12-10-18(11-13-19)17-6-3-2-4-7-17/h2-16H,1H3,(H,26,27,28). The lowest BCUT2D eigenvalue weighted by molar-refractivity contribution is 1.23. The second-order valence-electron chi connectivity index (χ2n) is 6.85. The molecule has 0 aliphatic rings. The smallest absolute Gasteiger partial charge is 0.143 e. The van der Waals surface area contributed by atoms with Crippen LogP contribution in [0.4, 0.5) is 11.5 Å². The Labute approximate surface area is 183 Å². The molecule has 0 atom stereocenters. The molecule has 0 amide bonds. The van der Waals surface area contributed by atoms with E-state index in [1.165, 1.54) is 16.0 Å². The minimum absolute atomic E-state index is 0.835. The van der Waals surface area contributed by atoms with E-state index in [1.54, 1.807) is 29.4 Å². The fourth-order valence-corrected chi connectivity index (χ4v) is 4.87. The molecule has 0 aliphatic carbocycles. The molecular weight excluding hydrogens is 406 g/mol. The van der Waals surface area contributed by atoms with Gasteiger partial charge < -0.3 is 5.32 Å². The Morgan fingerprint density at radius 2 is 1.57 bits per heavy atom. The van der Waals surface area contributed by atoms with E-state index in [9.17, 15) is 0 Å². The van der Waals surface area contributed by atoms with Gasteiger partial charge in [0.05, 0.1) is 5.39 Å². The summed E-state index contributed by atoms with van der Waals surface area (Å²) < 4.78 is 0. The molecule has 2 heterocycles. The van der Waals surface area contributed by atoms with Crippen LogP contribution in [0.3, 0.4) is 0 Å². The molecule has 0 bridgehead atoms. The Morgan fingerprint density at radius 3 is 2.37 bits per heavy atom. The van der Waals surface area contributed by atoms with E-state index >= 15 is 0 Å². The first-order chi connectivity index (χ1) is 14.8. The Morgan fingerprint density at radius 1 is 0.800 bits per heavy atom. The average molecular weight is 426 g/mol. The Hall–Kier alpha value is -3.15. The van der Waals surface area contributed by atoms with Crippen molar-refractivity contribution in [2.45, 2.75) is 4.90 Å². The number of nitrogens with one attached hydrogen (secondary N) is 1. The third-order valence-corrected chi connectivity index (χ3v) is 6.62. The molecule has 3 aromatic carbocycles. The number of thiophene rings is 1. The molecule has 5 rings (SSSR count). The topological polar surface area (TPSA) is 37.8 Å². The van der Waals surface area contributed by atoms with Gasteiger partial charge in [0, 0.05) is 21.5 Å². The monoisotopic (exact) mass is 425 g/mol. The second kappa shape index (κ2) is 8.30. The number of anilines is 2. The first kappa shape index (κ1) is 18.9. The van der Waals surface area contributed by atoms with Crippen molar-refractivity contribution in [2.75, 3.05) is 11.6 Å². The molecular formula is C25H19N3S2. The maximum absolute atomic E-state index is 4.56. The van der Waals surface area contributed by atoms with Gasteiger partial charge in [0.25, 0.3) is 0 Å². The first-order valence-electron chi connectivity index (χ1n) is 9.61. The van der Waals surface area contributed by atoms with Crippen LogP contribution < -0.4 is 5.32 Å². The zero-order chi connectivity index (χ0) is 20.3. The first-order valence-corrected chi connectivity index (χ1v) is 11.7. The molecule has 0 spiro atoms. The van der Waals surface area contributed by atoms with Gasteiger partial charge in [-0.1, -0.05) is 60.7 Å². The number of aromatic nitrogens is 2. The summed E-state index contributed by atoms with van der Waals surface area (Å²) in [5, 5.41) is 6.72. The van der Waals surface area contributed by atoms with Gasteiger partial charge in [-0.15, -0.1) is 23.1 Å². The summed E-state index contributed by atoms with van der Waals surface area (Å²) in [4.78, 5) is 11.2. The Kier molecular flexibility index (Phi) is 5.22. The quantitative estimate of drug-likeness (QED) is 0.296. The lowest BCUT2D eigenvalue weighted by atomic mass is 10.0. The van der Waals surface area contributed by atoms with E-state index in [2.05, 4.69) is 99.7 Å². The summed E-state index contributed by atoms with van der Waals surface area (Å²) in [6.45, 7) is 0. The van der Waals surface area contributed by atoms with Gasteiger partial charge in [-0.05, 0) is 41.1 Å². The molecule has 30 heavy (non-hydrogen) atoms. The third kappa shape index (κ3) is 3.70. The van der Waals surface area contributed by atoms with E-state index in [0.717, 1.165) is 32.8 Å². The van der Waals surface area contributed by atoms with Crippen molar-refractivity contribution in [2.24, 2.45) is 0 Å². The van der Waals surface area contributed by atoms with Crippen molar-refractivity contribution >= 4 is 44.8 Å². The average Bonchev–Trinajstić information content (AvgIpc) is 3.25. The molecule has 1 N–H and O–H groups in total. The van der Waals surface area contributed by atoms with Crippen LogP contribution in [0.25, 0.3) is 32.5 Å². The fraction of sp³-hybridized carbons (Fsp3) is 0.0400. The van der Waals surface area contributed by atoms with E-state index in [1.807, 2.05) is 6.07 Å². The van der Waals surface area contributed by atoms with Crippen LogP contribution in [0.1, 0.15) is 0 Å². The van der Waals surface area contributed by atoms with Crippen LogP contribution in [-0.4, -0.2) is 16.2 Å². The lowest BCUT2D eigenvalue weighted by Crippen LogP contribution is -1.95. The number of thioether (sulfide) groups is 1. The number of nitrogens with zero attached hydrogens (tertiary/aromatic N) is 2. The zero-order valence-electron chi connectivity index (χ0n) is 16.4. The molecule has 0 saturated carbocycles. The Balaban J connectivity index is 1.54. The second-order valence-corrected chi connectivity index (χ2v) is 8.59. The molecule has 0 saturated heterocycles. The molecule has 146 valence electrons. The van der Waals surface area contributed by atoms with Crippen molar-refractivity contribution in [1.82, 2.24) is 9.97 Å². The summed E-state index contributed by atoms with van der Waals surface area (Å²) in [7, 11) is 0. The van der Waals surface area contributed by atoms with Crippen molar-refractivity contribution in [3.8, 4) is 22.3 Å². The maximum Gasteiger partial charge on any atom is 0.143 e. The summed E-state index contributed by atoms with van der Waals surface area (Å²) in [6, 6.07) is 27.5. The Bertz CT molecular complexity index is 1300. The summed E-state index contributed by atoms with van der Waals surface area (Å²) in [5.74, 6) is 0.835. The van der Waals surface area contributed by atoms with Gasteiger partial charge in [0.1, 0.15) is 17.0 Å². The number of rotatable bonds is 5. The van der Waals surface area contributed by atoms with Crippen LogP contribution >= 0.6 is 23.1 Å². The molecule has 5 heteroatoms. The maximum atomic E-state index is 4.56. The highest BCUT2D eigenvalue weighted by molar-refractivity contribution is 7.98. The third-order valence-electron chi connectivity index (χ3n) is 5.01. The van der Waals surface area contributed by atoms with Crippen molar-refractivity contribution < 1.29 is 0 Å². The van der Waals surface area contributed by atoms with Crippen LogP contribution in [-0.2, 0) is 0 Å². The van der Waals surface area contributed by atoms with E-state index in [-0.39, 0.29) is 0 Å². The molecule has 0 fully saturated rings. The normalized spacial score (nSPS) is 11.0. The number of benzene rings is 3. The minimum Gasteiger partial charge on any atom is -0.340 e. The molecule has 3 nitrogen and oxygen atoms in total. The summed E-state index contributed by atoms with van der Waals surface area (Å²) >= 11 is 3.37. The van der Waals surface area contributed by atoms with Crippen LogP contribution in [0.5, 0.6) is 0 Å². The minimum atomic E-state index is 0.835. The predicted octanol–water partition coefficient (Wildman–Crippen LogP) is 7.49. The van der Waals surface area contributed by atoms with Crippen molar-refractivity contribution in [1.29, 1.82) is 0 Å². The zero-order valence-corrected chi connectivity index (χ0v) is 18.0. The van der Waals surface area contributed by atoms with Gasteiger partial charge in [-0.2, -0.15) is 0 Å². The van der Waals surface area contributed by atoms with E-state index in [0.29, 0.717) is 0 Å². The van der Waals surface area contributed by atoms with E-state index in [4.69, 9.17) is 0 Å². The highest BCUT2D eigenvalue weighted by atomic mass is 32.2. The number of hydrogen-bond donors (Lipinski definition) is 1. The highest BCUT2D eigenvalue weighted by Crippen LogP contribution is 2.38. The van der Waals surface area contributed by atoms with Crippen LogP contribution in [0, 0.1) is 0 Å². The van der Waals surface area contributed by atoms with Gasteiger partial charge in [-0.3, -0.25) is 0 Å². The van der Waals surface area contributed by atoms with Crippen molar-refractivity contribution in [3.63, 3.8) is 0 Å². The van der Waals surface area contributed by atoms with Crippen LogP contribution in [0.15, 0.2) is 95.5 Å². The molecule has 0 radical (unpaired) electrons. The van der Waals surface area contributed by atoms with Gasteiger partial charge in [0.2, 0.25) is 0 Å². The molecule has 0 aliphatic heterocycles. The van der Waals surface area contributed by atoms with Crippen molar-refractivity contribution in [3.05, 3.63) is 90.6 Å².